The van der Waals surface area contributed by atoms with E-state index >= 15 is 0 Å². The lowest BCUT2D eigenvalue weighted by molar-refractivity contribution is -0.131. The van der Waals surface area contributed by atoms with Gasteiger partial charge in [-0.2, -0.15) is 0 Å². The normalized spacial score (nSPS) is 22.8. The van der Waals surface area contributed by atoms with E-state index < -0.39 is 0 Å². The Morgan fingerprint density at radius 2 is 2.17 bits per heavy atom. The summed E-state index contributed by atoms with van der Waals surface area (Å²) in [5.41, 5.74) is 2.43. The van der Waals surface area contributed by atoms with Crippen LogP contribution in [-0.4, -0.2) is 43.4 Å². The third kappa shape index (κ3) is 2.52. The third-order valence-corrected chi connectivity index (χ3v) is 5.18. The van der Waals surface area contributed by atoms with E-state index in [1.165, 1.54) is 11.3 Å². The van der Waals surface area contributed by atoms with Crippen molar-refractivity contribution >= 4 is 5.91 Å². The molecule has 0 N–H and O–H groups in total. The molecule has 6 nitrogen and oxygen atoms in total. The summed E-state index contributed by atoms with van der Waals surface area (Å²) in [5.74, 6) is 2.78. The summed E-state index contributed by atoms with van der Waals surface area (Å²) in [6.07, 6.45) is 7.72. The molecule has 120 valence electrons. The van der Waals surface area contributed by atoms with E-state index in [9.17, 15) is 4.79 Å². The molecule has 1 fully saturated rings. The number of carbonyl (C=O) groups is 1. The van der Waals surface area contributed by atoms with Crippen molar-refractivity contribution in [1.29, 1.82) is 0 Å². The molecule has 1 amide bonds. The van der Waals surface area contributed by atoms with Crippen molar-refractivity contribution in [3.63, 3.8) is 0 Å². The predicted molar refractivity (Wildman–Crippen MR) is 84.9 cm³/mol. The summed E-state index contributed by atoms with van der Waals surface area (Å²) < 4.78 is 1.91. The quantitative estimate of drug-likeness (QED) is 0.843. The second-order valence-electron chi connectivity index (χ2n) is 6.63. The van der Waals surface area contributed by atoms with Crippen LogP contribution in [0.2, 0.25) is 0 Å². The monoisotopic (exact) mass is 311 g/mol. The maximum atomic E-state index is 12.6. The number of aryl methyl sites for hydroxylation is 3. The van der Waals surface area contributed by atoms with E-state index in [1.807, 2.05) is 35.7 Å². The summed E-state index contributed by atoms with van der Waals surface area (Å²) in [6, 6.07) is 0. The Balaban J connectivity index is 1.52. The van der Waals surface area contributed by atoms with Crippen molar-refractivity contribution < 1.29 is 4.79 Å². The molecule has 0 unspecified atom stereocenters. The van der Waals surface area contributed by atoms with Crippen LogP contribution in [-0.2, 0) is 17.8 Å². The Labute approximate surface area is 135 Å². The lowest BCUT2D eigenvalue weighted by atomic mass is 9.80. The van der Waals surface area contributed by atoms with Crippen molar-refractivity contribution in [2.45, 2.75) is 39.2 Å². The fourth-order valence-electron chi connectivity index (χ4n) is 3.86. The first kappa shape index (κ1) is 14.4. The number of hydrogen-bond donors (Lipinski definition) is 0. The van der Waals surface area contributed by atoms with Crippen LogP contribution in [0.3, 0.4) is 0 Å². The second-order valence-corrected chi connectivity index (χ2v) is 6.63. The van der Waals surface area contributed by atoms with Gasteiger partial charge < -0.3 is 9.47 Å². The topological polar surface area (TPSA) is 63.9 Å². The minimum Gasteiger partial charge on any atom is -0.340 e. The van der Waals surface area contributed by atoms with Crippen LogP contribution in [0.1, 0.15) is 35.2 Å². The standard InChI is InChI=1S/C17H21N5O/c1-11-19-7-13-3-4-14-8-22(9-15(14)17(13)20-11)16(23)10-21-6-5-18-12(21)2/h5-7,14-15H,3-4,8-10H2,1-2H3/t14-,15+/m1/s1. The Hall–Kier alpha value is -2.24. The predicted octanol–water partition coefficient (Wildman–Crippen LogP) is 1.48. The number of nitrogens with zero attached hydrogens (tertiary/aromatic N) is 5. The number of aromatic nitrogens is 4. The molecule has 3 heterocycles. The third-order valence-electron chi connectivity index (χ3n) is 5.18. The summed E-state index contributed by atoms with van der Waals surface area (Å²) in [6.45, 7) is 5.86. The SMILES string of the molecule is Cc1ncc2c(n1)[C@H]1CN(C(=O)Cn3ccnc3C)C[C@H]1CC2. The van der Waals surface area contributed by atoms with Gasteiger partial charge in [-0.1, -0.05) is 0 Å². The molecule has 2 aliphatic rings. The van der Waals surface area contributed by atoms with Gasteiger partial charge in [0.2, 0.25) is 5.91 Å². The van der Waals surface area contributed by atoms with Crippen LogP contribution in [0.5, 0.6) is 0 Å². The largest absolute Gasteiger partial charge is 0.340 e. The fourth-order valence-corrected chi connectivity index (χ4v) is 3.86. The fraction of sp³-hybridized carbons (Fsp3) is 0.529. The first-order valence-electron chi connectivity index (χ1n) is 8.19. The molecule has 0 saturated carbocycles. The minimum atomic E-state index is 0.174. The number of fused-ring (bicyclic) bond motifs is 3. The molecule has 1 aliphatic carbocycles. The number of imidazole rings is 1. The van der Waals surface area contributed by atoms with Crippen LogP contribution < -0.4 is 0 Å². The van der Waals surface area contributed by atoms with Gasteiger partial charge in [0.05, 0.1) is 5.69 Å². The van der Waals surface area contributed by atoms with Crippen molar-refractivity contribution in [1.82, 2.24) is 24.4 Å². The van der Waals surface area contributed by atoms with Crippen molar-refractivity contribution in [2.24, 2.45) is 5.92 Å². The van der Waals surface area contributed by atoms with Crippen LogP contribution in [0.15, 0.2) is 18.6 Å². The van der Waals surface area contributed by atoms with E-state index in [0.29, 0.717) is 18.4 Å². The maximum absolute atomic E-state index is 12.6. The van der Waals surface area contributed by atoms with E-state index in [-0.39, 0.29) is 5.91 Å². The average molecular weight is 311 g/mol. The molecule has 2 aromatic heterocycles. The highest BCUT2D eigenvalue weighted by atomic mass is 16.2. The molecule has 4 rings (SSSR count). The summed E-state index contributed by atoms with van der Waals surface area (Å²) in [4.78, 5) is 27.8. The average Bonchev–Trinajstić information content (AvgIpc) is 3.14. The Kier molecular flexibility index (Phi) is 3.39. The van der Waals surface area contributed by atoms with Crippen LogP contribution in [0, 0.1) is 19.8 Å². The van der Waals surface area contributed by atoms with Gasteiger partial charge >= 0.3 is 0 Å². The van der Waals surface area contributed by atoms with Crippen LogP contribution >= 0.6 is 0 Å². The molecule has 6 heteroatoms. The molecule has 0 aromatic carbocycles. The molecule has 2 atom stereocenters. The number of carbonyl (C=O) groups excluding carboxylic acids is 1. The highest BCUT2D eigenvalue weighted by Gasteiger charge is 2.40. The molecular weight excluding hydrogens is 290 g/mol. The lowest BCUT2D eigenvalue weighted by Crippen LogP contribution is -2.32. The Morgan fingerprint density at radius 3 is 2.96 bits per heavy atom. The highest BCUT2D eigenvalue weighted by Crippen LogP contribution is 2.40. The van der Waals surface area contributed by atoms with Gasteiger partial charge in [-0.3, -0.25) is 4.79 Å². The van der Waals surface area contributed by atoms with Crippen LogP contribution in [0.25, 0.3) is 0 Å². The van der Waals surface area contributed by atoms with Crippen molar-refractivity contribution in [3.8, 4) is 0 Å². The van der Waals surface area contributed by atoms with Gasteiger partial charge in [-0.25, -0.2) is 15.0 Å². The first-order valence-corrected chi connectivity index (χ1v) is 8.19. The molecule has 2 aromatic rings. The highest BCUT2D eigenvalue weighted by molar-refractivity contribution is 5.76. The first-order chi connectivity index (χ1) is 11.1. The zero-order chi connectivity index (χ0) is 16.0. The number of hydrogen-bond acceptors (Lipinski definition) is 4. The Morgan fingerprint density at radius 1 is 1.30 bits per heavy atom. The maximum Gasteiger partial charge on any atom is 0.242 e. The lowest BCUT2D eigenvalue weighted by Gasteiger charge is -2.25. The van der Waals surface area contributed by atoms with E-state index in [0.717, 1.165) is 37.6 Å². The number of amides is 1. The van der Waals surface area contributed by atoms with Gasteiger partial charge in [0.1, 0.15) is 18.2 Å². The summed E-state index contributed by atoms with van der Waals surface area (Å²) in [5, 5.41) is 0. The van der Waals surface area contributed by atoms with Crippen molar-refractivity contribution in [2.75, 3.05) is 13.1 Å². The van der Waals surface area contributed by atoms with E-state index in [2.05, 4.69) is 15.0 Å². The Bertz CT molecular complexity index is 753. The van der Waals surface area contributed by atoms with Gasteiger partial charge in [0.15, 0.2) is 0 Å². The molecule has 0 radical (unpaired) electrons. The number of rotatable bonds is 2. The van der Waals surface area contributed by atoms with Crippen molar-refractivity contribution in [3.05, 3.63) is 41.5 Å². The van der Waals surface area contributed by atoms with Gasteiger partial charge in [0.25, 0.3) is 0 Å². The van der Waals surface area contributed by atoms with Crippen LogP contribution in [0.4, 0.5) is 0 Å². The smallest absolute Gasteiger partial charge is 0.242 e. The zero-order valence-electron chi connectivity index (χ0n) is 13.6. The molecule has 0 bridgehead atoms. The summed E-state index contributed by atoms with van der Waals surface area (Å²) >= 11 is 0. The molecule has 0 spiro atoms. The van der Waals surface area contributed by atoms with E-state index in [4.69, 9.17) is 0 Å². The van der Waals surface area contributed by atoms with Gasteiger partial charge in [-0.15, -0.1) is 0 Å². The second kappa shape index (κ2) is 5.44. The molecule has 1 aliphatic heterocycles. The summed E-state index contributed by atoms with van der Waals surface area (Å²) in [7, 11) is 0. The van der Waals surface area contributed by atoms with Gasteiger partial charge in [-0.05, 0) is 38.2 Å². The minimum absolute atomic E-state index is 0.174. The molecular formula is C17H21N5O. The molecule has 1 saturated heterocycles. The molecule has 23 heavy (non-hydrogen) atoms. The van der Waals surface area contributed by atoms with Gasteiger partial charge in [0, 0.05) is 37.6 Å². The van der Waals surface area contributed by atoms with E-state index in [1.54, 1.807) is 6.20 Å². The number of likely N-dealkylation sites (tertiary alicyclic amines) is 1. The zero-order valence-corrected chi connectivity index (χ0v) is 13.6.